The van der Waals surface area contributed by atoms with Crippen molar-refractivity contribution < 1.29 is 4.74 Å². The van der Waals surface area contributed by atoms with Crippen LogP contribution in [0.25, 0.3) is 0 Å². The molecular formula is C13H21N3O. The number of aromatic nitrogens is 2. The van der Waals surface area contributed by atoms with Crippen LogP contribution in [0.4, 0.5) is 0 Å². The summed E-state index contributed by atoms with van der Waals surface area (Å²) in [5, 5.41) is 3.34. The van der Waals surface area contributed by atoms with Gasteiger partial charge in [-0.3, -0.25) is 0 Å². The quantitative estimate of drug-likeness (QED) is 0.766. The van der Waals surface area contributed by atoms with E-state index in [-0.39, 0.29) is 0 Å². The standard InChI is InChI=1S/C13H21N3O/c1-3-5-11-10-7-14-8-12(10)16-13(15-11)9-17-6-4-2/h14H,3-9H2,1-2H3. The Labute approximate surface area is 103 Å². The summed E-state index contributed by atoms with van der Waals surface area (Å²) in [6, 6.07) is 0. The number of nitrogens with one attached hydrogen (secondary N) is 1. The van der Waals surface area contributed by atoms with Gasteiger partial charge in [-0.05, 0) is 12.8 Å². The summed E-state index contributed by atoms with van der Waals surface area (Å²) in [7, 11) is 0. The van der Waals surface area contributed by atoms with Gasteiger partial charge >= 0.3 is 0 Å². The zero-order valence-corrected chi connectivity index (χ0v) is 10.8. The van der Waals surface area contributed by atoms with E-state index in [0.29, 0.717) is 6.61 Å². The molecule has 17 heavy (non-hydrogen) atoms. The highest BCUT2D eigenvalue weighted by molar-refractivity contribution is 5.29. The Morgan fingerprint density at radius 2 is 2.06 bits per heavy atom. The van der Waals surface area contributed by atoms with Gasteiger partial charge in [0, 0.05) is 31.0 Å². The molecule has 0 aliphatic carbocycles. The third-order valence-corrected chi connectivity index (χ3v) is 2.89. The molecule has 0 unspecified atom stereocenters. The molecule has 0 aromatic carbocycles. The van der Waals surface area contributed by atoms with Crippen LogP contribution < -0.4 is 5.32 Å². The number of hydrogen-bond acceptors (Lipinski definition) is 4. The molecule has 94 valence electrons. The minimum atomic E-state index is 0.540. The van der Waals surface area contributed by atoms with Crippen molar-refractivity contribution >= 4 is 0 Å². The van der Waals surface area contributed by atoms with Crippen molar-refractivity contribution in [2.24, 2.45) is 0 Å². The summed E-state index contributed by atoms with van der Waals surface area (Å²) >= 11 is 0. The largest absolute Gasteiger partial charge is 0.373 e. The van der Waals surface area contributed by atoms with E-state index < -0.39 is 0 Å². The maximum absolute atomic E-state index is 5.52. The van der Waals surface area contributed by atoms with Crippen LogP contribution in [0, 0.1) is 0 Å². The van der Waals surface area contributed by atoms with Gasteiger partial charge in [0.2, 0.25) is 0 Å². The highest BCUT2D eigenvalue weighted by Gasteiger charge is 2.18. The van der Waals surface area contributed by atoms with E-state index in [0.717, 1.165) is 44.8 Å². The van der Waals surface area contributed by atoms with Crippen LogP contribution in [0.2, 0.25) is 0 Å². The lowest BCUT2D eigenvalue weighted by atomic mass is 10.1. The number of fused-ring (bicyclic) bond motifs is 1. The highest BCUT2D eigenvalue weighted by atomic mass is 16.5. The van der Waals surface area contributed by atoms with Gasteiger partial charge in [-0.25, -0.2) is 9.97 Å². The minimum Gasteiger partial charge on any atom is -0.373 e. The van der Waals surface area contributed by atoms with Crippen LogP contribution in [0.3, 0.4) is 0 Å². The molecule has 1 aliphatic heterocycles. The molecule has 0 fully saturated rings. The average molecular weight is 235 g/mol. The molecule has 2 rings (SSSR count). The molecule has 1 aliphatic rings. The molecule has 0 saturated heterocycles. The van der Waals surface area contributed by atoms with E-state index in [2.05, 4.69) is 29.1 Å². The van der Waals surface area contributed by atoms with E-state index in [1.54, 1.807) is 0 Å². The van der Waals surface area contributed by atoms with Gasteiger partial charge in [0.1, 0.15) is 6.61 Å². The smallest absolute Gasteiger partial charge is 0.154 e. The van der Waals surface area contributed by atoms with E-state index in [4.69, 9.17) is 4.74 Å². The van der Waals surface area contributed by atoms with E-state index in [1.807, 2.05) is 0 Å². The Kier molecular flexibility index (Phi) is 4.45. The monoisotopic (exact) mass is 235 g/mol. The van der Waals surface area contributed by atoms with Crippen molar-refractivity contribution in [3.05, 3.63) is 22.8 Å². The molecule has 0 bridgehead atoms. The van der Waals surface area contributed by atoms with Gasteiger partial charge in [0.05, 0.1) is 5.69 Å². The van der Waals surface area contributed by atoms with Gasteiger partial charge in [0.25, 0.3) is 0 Å². The van der Waals surface area contributed by atoms with Gasteiger partial charge in [0.15, 0.2) is 5.82 Å². The topological polar surface area (TPSA) is 47.0 Å². The van der Waals surface area contributed by atoms with Crippen molar-refractivity contribution in [1.29, 1.82) is 0 Å². The lowest BCUT2D eigenvalue weighted by Crippen LogP contribution is -2.07. The van der Waals surface area contributed by atoms with Crippen molar-refractivity contribution in [3.63, 3.8) is 0 Å². The Hall–Kier alpha value is -1.00. The predicted octanol–water partition coefficient (Wildman–Crippen LogP) is 1.96. The molecule has 1 N–H and O–H groups in total. The molecule has 2 heterocycles. The van der Waals surface area contributed by atoms with E-state index in [9.17, 15) is 0 Å². The Morgan fingerprint density at radius 1 is 1.18 bits per heavy atom. The number of hydrogen-bond donors (Lipinski definition) is 1. The van der Waals surface area contributed by atoms with Crippen LogP contribution >= 0.6 is 0 Å². The summed E-state index contributed by atoms with van der Waals surface area (Å²) in [6.45, 7) is 7.40. The summed E-state index contributed by atoms with van der Waals surface area (Å²) in [6.07, 6.45) is 3.19. The Bertz CT molecular complexity index is 379. The van der Waals surface area contributed by atoms with Crippen LogP contribution in [-0.4, -0.2) is 16.6 Å². The van der Waals surface area contributed by atoms with Crippen LogP contribution in [0.5, 0.6) is 0 Å². The number of rotatable bonds is 6. The molecular weight excluding hydrogens is 214 g/mol. The second-order valence-electron chi connectivity index (χ2n) is 4.42. The first kappa shape index (κ1) is 12.5. The SMILES string of the molecule is CCCOCc1nc(CCC)c2c(n1)CNC2. The second kappa shape index (κ2) is 6.07. The van der Waals surface area contributed by atoms with Crippen molar-refractivity contribution in [3.8, 4) is 0 Å². The third kappa shape index (κ3) is 3.01. The van der Waals surface area contributed by atoms with Gasteiger partial charge < -0.3 is 10.1 Å². The zero-order chi connectivity index (χ0) is 12.1. The molecule has 0 saturated carbocycles. The number of aryl methyl sites for hydroxylation is 1. The molecule has 0 spiro atoms. The maximum Gasteiger partial charge on any atom is 0.154 e. The van der Waals surface area contributed by atoms with Crippen molar-refractivity contribution in [2.45, 2.75) is 52.8 Å². The predicted molar refractivity (Wildman–Crippen MR) is 66.5 cm³/mol. The fourth-order valence-electron chi connectivity index (χ4n) is 2.11. The van der Waals surface area contributed by atoms with Crippen LogP contribution in [0.15, 0.2) is 0 Å². The second-order valence-corrected chi connectivity index (χ2v) is 4.42. The van der Waals surface area contributed by atoms with Gasteiger partial charge in [-0.2, -0.15) is 0 Å². The average Bonchev–Trinajstić information content (AvgIpc) is 2.78. The van der Waals surface area contributed by atoms with E-state index in [1.165, 1.54) is 17.0 Å². The van der Waals surface area contributed by atoms with Crippen molar-refractivity contribution in [1.82, 2.24) is 15.3 Å². The fraction of sp³-hybridized carbons (Fsp3) is 0.692. The van der Waals surface area contributed by atoms with Crippen molar-refractivity contribution in [2.75, 3.05) is 6.61 Å². The molecule has 0 atom stereocenters. The molecule has 4 nitrogen and oxygen atoms in total. The Morgan fingerprint density at radius 3 is 2.82 bits per heavy atom. The first-order chi connectivity index (χ1) is 8.35. The molecule has 4 heteroatoms. The highest BCUT2D eigenvalue weighted by Crippen LogP contribution is 2.18. The maximum atomic E-state index is 5.52. The molecule has 1 aromatic heterocycles. The molecule has 0 radical (unpaired) electrons. The third-order valence-electron chi connectivity index (χ3n) is 2.89. The zero-order valence-electron chi connectivity index (χ0n) is 10.8. The van der Waals surface area contributed by atoms with Gasteiger partial charge in [-0.1, -0.05) is 20.3 Å². The molecule has 0 amide bonds. The van der Waals surface area contributed by atoms with Gasteiger partial charge in [-0.15, -0.1) is 0 Å². The normalized spacial score (nSPS) is 14.0. The number of nitrogens with zero attached hydrogens (tertiary/aromatic N) is 2. The summed E-state index contributed by atoms with van der Waals surface area (Å²) < 4.78 is 5.52. The number of ether oxygens (including phenoxy) is 1. The van der Waals surface area contributed by atoms with Crippen LogP contribution in [0.1, 0.15) is 49.5 Å². The lowest BCUT2D eigenvalue weighted by Gasteiger charge is -2.09. The first-order valence-corrected chi connectivity index (χ1v) is 6.51. The summed E-state index contributed by atoms with van der Waals surface area (Å²) in [4.78, 5) is 9.20. The first-order valence-electron chi connectivity index (χ1n) is 6.51. The molecule has 1 aromatic rings. The lowest BCUT2D eigenvalue weighted by molar-refractivity contribution is 0.115. The van der Waals surface area contributed by atoms with Crippen LogP contribution in [-0.2, 0) is 30.9 Å². The summed E-state index contributed by atoms with van der Waals surface area (Å²) in [5.41, 5.74) is 3.68. The minimum absolute atomic E-state index is 0.540. The summed E-state index contributed by atoms with van der Waals surface area (Å²) in [5.74, 6) is 0.837. The fourth-order valence-corrected chi connectivity index (χ4v) is 2.11. The Balaban J connectivity index is 2.14. The van der Waals surface area contributed by atoms with E-state index >= 15 is 0 Å².